The zero-order chi connectivity index (χ0) is 19.8. The summed E-state index contributed by atoms with van der Waals surface area (Å²) in [6.07, 6.45) is 7.07. The van der Waals surface area contributed by atoms with Crippen LogP contribution >= 0.6 is 0 Å². The summed E-state index contributed by atoms with van der Waals surface area (Å²) in [7, 11) is 0. The van der Waals surface area contributed by atoms with Gasteiger partial charge in [-0.15, -0.1) is 0 Å². The zero-order valence-corrected chi connectivity index (χ0v) is 17.0. The van der Waals surface area contributed by atoms with E-state index in [1.807, 2.05) is 44.5 Å². The van der Waals surface area contributed by atoms with E-state index < -0.39 is 0 Å². The summed E-state index contributed by atoms with van der Waals surface area (Å²) in [5.41, 5.74) is 2.82. The van der Waals surface area contributed by atoms with Crippen molar-refractivity contribution in [2.45, 2.75) is 71.9 Å². The molecule has 4 rings (SSSR count). The van der Waals surface area contributed by atoms with Gasteiger partial charge < -0.3 is 9.15 Å². The fourth-order valence-corrected chi connectivity index (χ4v) is 3.99. The Labute approximate surface area is 164 Å². The van der Waals surface area contributed by atoms with Gasteiger partial charge in [0.15, 0.2) is 5.65 Å². The average molecular weight is 381 g/mol. The highest BCUT2D eigenvalue weighted by molar-refractivity contribution is 6.04. The molecule has 28 heavy (non-hydrogen) atoms. The van der Waals surface area contributed by atoms with Crippen LogP contribution in [0, 0.1) is 13.8 Å². The summed E-state index contributed by atoms with van der Waals surface area (Å²) in [5, 5.41) is 5.20. The largest absolute Gasteiger partial charge is 0.466 e. The monoisotopic (exact) mass is 381 g/mol. The third-order valence-electron chi connectivity index (χ3n) is 5.42. The van der Waals surface area contributed by atoms with Gasteiger partial charge in [0, 0.05) is 11.6 Å². The maximum absolute atomic E-state index is 13.1. The van der Waals surface area contributed by atoms with E-state index in [9.17, 15) is 4.79 Å². The molecule has 0 aromatic carbocycles. The van der Waals surface area contributed by atoms with Gasteiger partial charge in [-0.2, -0.15) is 5.10 Å². The van der Waals surface area contributed by atoms with E-state index >= 15 is 0 Å². The van der Waals surface area contributed by atoms with Gasteiger partial charge in [-0.05, 0) is 65.5 Å². The number of nitrogens with zero attached hydrogens (tertiary/aromatic N) is 3. The lowest BCUT2D eigenvalue weighted by Gasteiger charge is -2.22. The minimum atomic E-state index is -0.290. The summed E-state index contributed by atoms with van der Waals surface area (Å²) in [4.78, 5) is 17.9. The molecular formula is C22H27N3O3. The van der Waals surface area contributed by atoms with Crippen molar-refractivity contribution in [3.63, 3.8) is 0 Å². The van der Waals surface area contributed by atoms with Gasteiger partial charge in [0.05, 0.1) is 22.8 Å². The molecule has 1 fully saturated rings. The molecule has 0 amide bonds. The number of carbonyl (C=O) groups excluding carboxylic acids is 1. The lowest BCUT2D eigenvalue weighted by molar-refractivity contribution is 0.0213. The lowest BCUT2D eigenvalue weighted by atomic mass is 9.97. The second kappa shape index (κ2) is 7.41. The van der Waals surface area contributed by atoms with Crippen molar-refractivity contribution in [2.24, 2.45) is 0 Å². The van der Waals surface area contributed by atoms with Crippen LogP contribution in [0.3, 0.4) is 0 Å². The van der Waals surface area contributed by atoms with Gasteiger partial charge >= 0.3 is 5.97 Å². The molecule has 0 atom stereocenters. The van der Waals surface area contributed by atoms with E-state index in [2.05, 4.69) is 5.10 Å². The van der Waals surface area contributed by atoms with Gasteiger partial charge in [-0.25, -0.2) is 14.5 Å². The van der Waals surface area contributed by atoms with E-state index in [-0.39, 0.29) is 18.1 Å². The van der Waals surface area contributed by atoms with E-state index in [1.54, 1.807) is 6.20 Å². The van der Waals surface area contributed by atoms with Crippen LogP contribution < -0.4 is 0 Å². The number of hydrogen-bond donors (Lipinski definition) is 0. The van der Waals surface area contributed by atoms with Crippen LogP contribution in [0.4, 0.5) is 0 Å². The average Bonchev–Trinajstić information content (AvgIpc) is 3.24. The Morgan fingerprint density at radius 2 is 1.96 bits per heavy atom. The topological polar surface area (TPSA) is 70.2 Å². The lowest BCUT2D eigenvalue weighted by Crippen LogP contribution is -2.21. The molecule has 1 saturated carbocycles. The normalized spacial score (nSPS) is 15.5. The first-order chi connectivity index (χ1) is 13.4. The van der Waals surface area contributed by atoms with Crippen molar-refractivity contribution in [2.75, 3.05) is 0 Å². The second-order valence-electron chi connectivity index (χ2n) is 7.97. The van der Waals surface area contributed by atoms with Crippen molar-refractivity contribution in [3.05, 3.63) is 35.4 Å². The highest BCUT2D eigenvalue weighted by Gasteiger charge is 2.24. The standard InChI is InChI=1S/C22H27N3O3/c1-13(2)25-21-19(12-23-25)18(22(26)28-16-8-6-5-7-9-16)11-20(24-21)17-10-14(3)27-15(17)4/h10-13,16H,5-9H2,1-4H3. The Kier molecular flexibility index (Phi) is 4.96. The fourth-order valence-electron chi connectivity index (χ4n) is 3.99. The minimum absolute atomic E-state index is 0.00552. The van der Waals surface area contributed by atoms with Crippen LogP contribution in [0.1, 0.15) is 73.9 Å². The molecule has 6 nitrogen and oxygen atoms in total. The maximum atomic E-state index is 13.1. The Morgan fingerprint density at radius 1 is 1.21 bits per heavy atom. The van der Waals surface area contributed by atoms with Gasteiger partial charge in [0.1, 0.15) is 17.6 Å². The summed E-state index contributed by atoms with van der Waals surface area (Å²) in [5.74, 6) is 1.31. The van der Waals surface area contributed by atoms with E-state index in [0.717, 1.165) is 48.2 Å². The van der Waals surface area contributed by atoms with Gasteiger partial charge in [0.2, 0.25) is 0 Å². The molecule has 0 radical (unpaired) electrons. The molecule has 1 aliphatic carbocycles. The Balaban J connectivity index is 1.81. The molecule has 0 N–H and O–H groups in total. The SMILES string of the molecule is Cc1cc(-c2cc(C(=O)OC3CCCCC3)c3cnn(C(C)C)c3n2)c(C)o1. The van der Waals surface area contributed by atoms with Crippen molar-refractivity contribution in [1.82, 2.24) is 14.8 Å². The van der Waals surface area contributed by atoms with Crippen LogP contribution in [0.15, 0.2) is 22.7 Å². The van der Waals surface area contributed by atoms with Crippen LogP contribution in [-0.2, 0) is 4.74 Å². The van der Waals surface area contributed by atoms with E-state index in [1.165, 1.54) is 6.42 Å². The smallest absolute Gasteiger partial charge is 0.339 e. The van der Waals surface area contributed by atoms with E-state index in [0.29, 0.717) is 16.9 Å². The molecule has 0 aliphatic heterocycles. The molecule has 1 aliphatic rings. The summed E-state index contributed by atoms with van der Waals surface area (Å²) in [6, 6.07) is 3.90. The molecular weight excluding hydrogens is 354 g/mol. The predicted molar refractivity (Wildman–Crippen MR) is 107 cm³/mol. The van der Waals surface area contributed by atoms with Crippen LogP contribution in [0.5, 0.6) is 0 Å². The second-order valence-corrected chi connectivity index (χ2v) is 7.97. The zero-order valence-electron chi connectivity index (χ0n) is 17.0. The number of hydrogen-bond acceptors (Lipinski definition) is 5. The molecule has 148 valence electrons. The van der Waals surface area contributed by atoms with Gasteiger partial charge in [-0.3, -0.25) is 0 Å². The van der Waals surface area contributed by atoms with Crippen LogP contribution in [0.25, 0.3) is 22.3 Å². The third kappa shape index (κ3) is 3.43. The van der Waals surface area contributed by atoms with Crippen LogP contribution in [-0.4, -0.2) is 26.8 Å². The summed E-state index contributed by atoms with van der Waals surface area (Å²) >= 11 is 0. The fraction of sp³-hybridized carbons (Fsp3) is 0.500. The number of furan rings is 1. The first-order valence-corrected chi connectivity index (χ1v) is 10.1. The molecule has 0 spiro atoms. The Bertz CT molecular complexity index is 1010. The number of aryl methyl sites for hydroxylation is 2. The molecule has 0 saturated heterocycles. The van der Waals surface area contributed by atoms with Crippen molar-refractivity contribution in [1.29, 1.82) is 0 Å². The summed E-state index contributed by atoms with van der Waals surface area (Å²) in [6.45, 7) is 7.92. The number of esters is 1. The van der Waals surface area contributed by atoms with Gasteiger partial charge in [-0.1, -0.05) is 6.42 Å². The Hall–Kier alpha value is -2.63. The number of carbonyl (C=O) groups is 1. The number of ether oxygens (including phenoxy) is 1. The number of fused-ring (bicyclic) bond motifs is 1. The van der Waals surface area contributed by atoms with Crippen molar-refractivity contribution >= 4 is 17.0 Å². The number of pyridine rings is 1. The van der Waals surface area contributed by atoms with Crippen molar-refractivity contribution in [3.8, 4) is 11.3 Å². The maximum Gasteiger partial charge on any atom is 0.339 e. The van der Waals surface area contributed by atoms with Crippen LogP contribution in [0.2, 0.25) is 0 Å². The first kappa shape index (κ1) is 18.7. The molecule has 3 aromatic rings. The minimum Gasteiger partial charge on any atom is -0.466 e. The number of rotatable bonds is 4. The molecule has 3 aromatic heterocycles. The van der Waals surface area contributed by atoms with Gasteiger partial charge in [0.25, 0.3) is 0 Å². The quantitative estimate of drug-likeness (QED) is 0.568. The summed E-state index contributed by atoms with van der Waals surface area (Å²) < 4.78 is 13.4. The van der Waals surface area contributed by atoms with E-state index in [4.69, 9.17) is 14.1 Å². The predicted octanol–water partition coefficient (Wildman–Crippen LogP) is 5.38. The highest BCUT2D eigenvalue weighted by Crippen LogP contribution is 2.31. The first-order valence-electron chi connectivity index (χ1n) is 10.1. The van der Waals surface area contributed by atoms with Crippen molar-refractivity contribution < 1.29 is 13.9 Å². The molecule has 0 unspecified atom stereocenters. The highest BCUT2D eigenvalue weighted by atomic mass is 16.5. The molecule has 3 heterocycles. The molecule has 0 bridgehead atoms. The molecule has 6 heteroatoms. The Morgan fingerprint density at radius 3 is 2.61 bits per heavy atom. The number of aromatic nitrogens is 3. The third-order valence-corrected chi connectivity index (χ3v) is 5.42.